The number of hydrogen-bond donors (Lipinski definition) is 1. The van der Waals surface area contributed by atoms with Crippen molar-refractivity contribution in [3.63, 3.8) is 0 Å². The zero-order valence-electron chi connectivity index (χ0n) is 11.1. The number of rotatable bonds is 3. The number of para-hydroxylation sites is 1. The van der Waals surface area contributed by atoms with E-state index in [4.69, 9.17) is 0 Å². The minimum Gasteiger partial charge on any atom is -0.361 e. The fourth-order valence-electron chi connectivity index (χ4n) is 2.75. The zero-order chi connectivity index (χ0) is 13.2. The van der Waals surface area contributed by atoms with Gasteiger partial charge in [0.15, 0.2) is 0 Å². The lowest BCUT2D eigenvalue weighted by Gasteiger charge is -2.25. The number of carbonyl (C=O) groups is 1. The third-order valence-corrected chi connectivity index (χ3v) is 3.67. The number of Topliss-reactive ketones (excluding diaryl/α,β-unsaturated/α-hetero) is 1. The van der Waals surface area contributed by atoms with E-state index in [1.54, 1.807) is 6.92 Å². The molecule has 1 aliphatic heterocycles. The predicted octanol–water partition coefficient (Wildman–Crippen LogP) is 2.85. The molecule has 0 amide bonds. The Kier molecular flexibility index (Phi) is 3.22. The molecule has 98 valence electrons. The van der Waals surface area contributed by atoms with Crippen molar-refractivity contribution in [3.05, 3.63) is 42.1 Å². The Labute approximate surface area is 112 Å². The molecule has 0 atom stereocenters. The number of nitrogens with zero attached hydrogens (tertiary/aromatic N) is 1. The van der Waals surface area contributed by atoms with Crippen molar-refractivity contribution in [2.24, 2.45) is 0 Å². The van der Waals surface area contributed by atoms with Crippen molar-refractivity contribution in [3.8, 4) is 0 Å². The molecule has 1 N–H and O–H groups in total. The van der Waals surface area contributed by atoms with Gasteiger partial charge in [-0.3, -0.25) is 9.69 Å². The number of aromatic nitrogens is 1. The maximum absolute atomic E-state index is 11.1. The molecular formula is C16H18N2O. The quantitative estimate of drug-likeness (QED) is 0.914. The van der Waals surface area contributed by atoms with Crippen molar-refractivity contribution in [1.29, 1.82) is 0 Å². The van der Waals surface area contributed by atoms with Crippen LogP contribution >= 0.6 is 0 Å². The Morgan fingerprint density at radius 1 is 1.37 bits per heavy atom. The normalized spacial score (nSPS) is 16.6. The lowest BCUT2D eigenvalue weighted by molar-refractivity contribution is -0.118. The third kappa shape index (κ3) is 2.47. The van der Waals surface area contributed by atoms with Crippen molar-refractivity contribution < 1.29 is 4.79 Å². The molecule has 0 saturated heterocycles. The summed E-state index contributed by atoms with van der Waals surface area (Å²) in [6, 6.07) is 8.38. The molecule has 2 heterocycles. The van der Waals surface area contributed by atoms with E-state index in [2.05, 4.69) is 40.4 Å². The number of benzene rings is 1. The van der Waals surface area contributed by atoms with Crippen LogP contribution in [-0.4, -0.2) is 35.3 Å². The highest BCUT2D eigenvalue weighted by atomic mass is 16.1. The van der Waals surface area contributed by atoms with Crippen molar-refractivity contribution in [2.45, 2.75) is 13.3 Å². The maximum Gasteiger partial charge on any atom is 0.143 e. The molecular weight excluding hydrogens is 236 g/mol. The van der Waals surface area contributed by atoms with Crippen LogP contribution in [0.5, 0.6) is 0 Å². The summed E-state index contributed by atoms with van der Waals surface area (Å²) in [7, 11) is 0. The Morgan fingerprint density at radius 2 is 2.21 bits per heavy atom. The molecule has 2 aromatic rings. The first-order valence-electron chi connectivity index (χ1n) is 6.71. The standard InChI is InChI=1S/C16H18N2O/c1-12(19)11-18-8-6-13(7-9-18)15-10-17-16-5-3-2-4-14(15)16/h2-6,10,17H,7-9,11H2,1H3. The molecule has 19 heavy (non-hydrogen) atoms. The monoisotopic (exact) mass is 254 g/mol. The van der Waals surface area contributed by atoms with Gasteiger partial charge in [0.2, 0.25) is 0 Å². The second kappa shape index (κ2) is 5.02. The number of carbonyl (C=O) groups excluding carboxylic acids is 1. The lowest BCUT2D eigenvalue weighted by Crippen LogP contribution is -2.32. The highest BCUT2D eigenvalue weighted by Gasteiger charge is 2.16. The number of fused-ring (bicyclic) bond motifs is 1. The summed E-state index contributed by atoms with van der Waals surface area (Å²) in [6.07, 6.45) is 5.36. The van der Waals surface area contributed by atoms with Crippen LogP contribution in [0, 0.1) is 0 Å². The summed E-state index contributed by atoms with van der Waals surface area (Å²) < 4.78 is 0. The van der Waals surface area contributed by atoms with E-state index in [9.17, 15) is 4.79 Å². The van der Waals surface area contributed by atoms with Gasteiger partial charge in [0.05, 0.1) is 6.54 Å². The number of hydrogen-bond acceptors (Lipinski definition) is 2. The molecule has 0 aliphatic carbocycles. The smallest absolute Gasteiger partial charge is 0.143 e. The van der Waals surface area contributed by atoms with E-state index in [1.165, 1.54) is 22.0 Å². The summed E-state index contributed by atoms with van der Waals surface area (Å²) in [6.45, 7) is 4.05. The van der Waals surface area contributed by atoms with Gasteiger partial charge >= 0.3 is 0 Å². The topological polar surface area (TPSA) is 36.1 Å². The molecule has 1 aliphatic rings. The van der Waals surface area contributed by atoms with E-state index >= 15 is 0 Å². The molecule has 0 saturated carbocycles. The second-order valence-corrected chi connectivity index (χ2v) is 5.16. The zero-order valence-corrected chi connectivity index (χ0v) is 11.1. The van der Waals surface area contributed by atoms with Crippen LogP contribution in [0.1, 0.15) is 18.9 Å². The molecule has 0 bridgehead atoms. The van der Waals surface area contributed by atoms with Gasteiger partial charge < -0.3 is 4.98 Å². The average Bonchev–Trinajstić information content (AvgIpc) is 2.83. The van der Waals surface area contributed by atoms with E-state index in [1.807, 2.05) is 6.07 Å². The van der Waals surface area contributed by atoms with Crippen LogP contribution in [0.2, 0.25) is 0 Å². The Balaban J connectivity index is 1.84. The Hall–Kier alpha value is -1.87. The molecule has 1 aromatic heterocycles. The van der Waals surface area contributed by atoms with E-state index < -0.39 is 0 Å². The molecule has 0 fully saturated rings. The van der Waals surface area contributed by atoms with Crippen LogP contribution in [0.3, 0.4) is 0 Å². The SMILES string of the molecule is CC(=O)CN1CC=C(c2c[nH]c3ccccc23)CC1. The van der Waals surface area contributed by atoms with Crippen molar-refractivity contribution in [2.75, 3.05) is 19.6 Å². The molecule has 0 spiro atoms. The highest BCUT2D eigenvalue weighted by molar-refractivity contribution is 5.92. The molecule has 3 nitrogen and oxygen atoms in total. The van der Waals surface area contributed by atoms with Crippen molar-refractivity contribution in [1.82, 2.24) is 9.88 Å². The lowest BCUT2D eigenvalue weighted by atomic mass is 9.99. The van der Waals surface area contributed by atoms with Crippen LogP contribution in [0.25, 0.3) is 16.5 Å². The number of H-pyrrole nitrogens is 1. The van der Waals surface area contributed by atoms with Gasteiger partial charge in [0.1, 0.15) is 5.78 Å². The first-order chi connectivity index (χ1) is 9.24. The molecule has 0 unspecified atom stereocenters. The fourth-order valence-corrected chi connectivity index (χ4v) is 2.75. The van der Waals surface area contributed by atoms with E-state index in [0.717, 1.165) is 19.5 Å². The largest absolute Gasteiger partial charge is 0.361 e. The second-order valence-electron chi connectivity index (χ2n) is 5.16. The van der Waals surface area contributed by atoms with E-state index in [-0.39, 0.29) is 5.78 Å². The average molecular weight is 254 g/mol. The van der Waals surface area contributed by atoms with Gasteiger partial charge in [-0.25, -0.2) is 0 Å². The minimum absolute atomic E-state index is 0.240. The number of ketones is 1. The highest BCUT2D eigenvalue weighted by Crippen LogP contribution is 2.28. The number of aromatic amines is 1. The summed E-state index contributed by atoms with van der Waals surface area (Å²) >= 11 is 0. The Bertz CT molecular complexity index is 639. The predicted molar refractivity (Wildman–Crippen MR) is 78.0 cm³/mol. The van der Waals surface area contributed by atoms with E-state index in [0.29, 0.717) is 6.54 Å². The van der Waals surface area contributed by atoms with Gasteiger partial charge in [0, 0.05) is 35.8 Å². The third-order valence-electron chi connectivity index (χ3n) is 3.67. The van der Waals surface area contributed by atoms with Crippen LogP contribution < -0.4 is 0 Å². The maximum atomic E-state index is 11.1. The number of nitrogens with one attached hydrogen (secondary N) is 1. The van der Waals surface area contributed by atoms with Crippen molar-refractivity contribution >= 4 is 22.3 Å². The van der Waals surface area contributed by atoms with Gasteiger partial charge in [-0.15, -0.1) is 0 Å². The van der Waals surface area contributed by atoms with Gasteiger partial charge in [-0.1, -0.05) is 24.3 Å². The van der Waals surface area contributed by atoms with Gasteiger partial charge in [0.25, 0.3) is 0 Å². The molecule has 3 heteroatoms. The first kappa shape index (κ1) is 12.2. The first-order valence-corrected chi connectivity index (χ1v) is 6.71. The fraction of sp³-hybridized carbons (Fsp3) is 0.312. The summed E-state index contributed by atoms with van der Waals surface area (Å²) in [5, 5.41) is 1.29. The van der Waals surface area contributed by atoms with Crippen LogP contribution in [-0.2, 0) is 4.79 Å². The van der Waals surface area contributed by atoms with Crippen LogP contribution in [0.4, 0.5) is 0 Å². The van der Waals surface area contributed by atoms with Gasteiger partial charge in [-0.2, -0.15) is 0 Å². The van der Waals surface area contributed by atoms with Crippen LogP contribution in [0.15, 0.2) is 36.5 Å². The summed E-state index contributed by atoms with van der Waals surface area (Å²) in [5.74, 6) is 0.240. The summed E-state index contributed by atoms with van der Waals surface area (Å²) in [4.78, 5) is 16.6. The Morgan fingerprint density at radius 3 is 2.95 bits per heavy atom. The van der Waals surface area contributed by atoms with Gasteiger partial charge in [-0.05, 0) is 25.0 Å². The molecule has 3 rings (SSSR count). The molecule has 0 radical (unpaired) electrons. The summed E-state index contributed by atoms with van der Waals surface area (Å²) in [5.41, 5.74) is 3.87. The minimum atomic E-state index is 0.240. The molecule has 1 aromatic carbocycles.